The summed E-state index contributed by atoms with van der Waals surface area (Å²) in [4.78, 5) is 9.50. The van der Waals surface area contributed by atoms with Crippen LogP contribution in [0.3, 0.4) is 0 Å². The summed E-state index contributed by atoms with van der Waals surface area (Å²) in [5.74, 6) is 1.83. The summed E-state index contributed by atoms with van der Waals surface area (Å²) in [6.45, 7) is 9.34. The van der Waals surface area contributed by atoms with Gasteiger partial charge in [0, 0.05) is 12.2 Å². The Morgan fingerprint density at radius 1 is 0.966 bits per heavy atom. The first-order valence-corrected chi connectivity index (χ1v) is 9.90. The van der Waals surface area contributed by atoms with Gasteiger partial charge in [-0.15, -0.1) is 0 Å². The third-order valence-corrected chi connectivity index (χ3v) is 4.87. The van der Waals surface area contributed by atoms with E-state index in [2.05, 4.69) is 61.6 Å². The van der Waals surface area contributed by atoms with E-state index in [0.717, 1.165) is 34.8 Å². The first kappa shape index (κ1) is 18.9. The minimum absolute atomic E-state index is 0.490. The first-order chi connectivity index (χ1) is 14.0. The van der Waals surface area contributed by atoms with Gasteiger partial charge < -0.3 is 10.6 Å². The summed E-state index contributed by atoms with van der Waals surface area (Å²) in [5.41, 5.74) is 5.23. The lowest BCUT2D eigenvalue weighted by Gasteiger charge is -2.13. The normalized spacial score (nSPS) is 11.2. The first-order valence-electron chi connectivity index (χ1n) is 9.90. The zero-order valence-electron chi connectivity index (χ0n) is 17.3. The van der Waals surface area contributed by atoms with Crippen LogP contribution in [0, 0.1) is 19.8 Å². The van der Waals surface area contributed by atoms with Crippen LogP contribution in [0.1, 0.15) is 25.0 Å². The fourth-order valence-electron chi connectivity index (χ4n) is 3.09. The second kappa shape index (κ2) is 7.91. The molecule has 0 atom stereocenters. The molecule has 0 saturated heterocycles. The molecule has 0 bridgehead atoms. The minimum Gasteiger partial charge on any atom is -0.354 e. The SMILES string of the molecule is Cc1ccc(Nc2nc(NCC(C)C)nc3c2cnn3-c2ccccc2)cc1C. The van der Waals surface area contributed by atoms with Crippen molar-refractivity contribution in [1.82, 2.24) is 19.7 Å². The monoisotopic (exact) mass is 386 g/mol. The Morgan fingerprint density at radius 3 is 2.48 bits per heavy atom. The Kier molecular flexibility index (Phi) is 5.16. The van der Waals surface area contributed by atoms with Crippen LogP contribution in [0.2, 0.25) is 0 Å². The highest BCUT2D eigenvalue weighted by Crippen LogP contribution is 2.27. The van der Waals surface area contributed by atoms with Crippen LogP contribution in [-0.2, 0) is 0 Å². The lowest BCUT2D eigenvalue weighted by atomic mass is 10.1. The molecule has 4 aromatic rings. The molecule has 0 spiro atoms. The molecule has 0 amide bonds. The van der Waals surface area contributed by atoms with Crippen molar-refractivity contribution in [1.29, 1.82) is 0 Å². The molecule has 0 radical (unpaired) electrons. The van der Waals surface area contributed by atoms with E-state index < -0.39 is 0 Å². The fraction of sp³-hybridized carbons (Fsp3) is 0.261. The van der Waals surface area contributed by atoms with Gasteiger partial charge in [-0.3, -0.25) is 0 Å². The lowest BCUT2D eigenvalue weighted by molar-refractivity contribution is 0.685. The van der Waals surface area contributed by atoms with Crippen LogP contribution >= 0.6 is 0 Å². The number of rotatable bonds is 6. The highest BCUT2D eigenvalue weighted by Gasteiger charge is 2.15. The highest BCUT2D eigenvalue weighted by atomic mass is 15.3. The molecule has 0 aliphatic rings. The number of nitrogens with one attached hydrogen (secondary N) is 2. The van der Waals surface area contributed by atoms with Crippen molar-refractivity contribution >= 4 is 28.5 Å². The van der Waals surface area contributed by atoms with Gasteiger partial charge in [-0.05, 0) is 55.2 Å². The topological polar surface area (TPSA) is 67.7 Å². The van der Waals surface area contributed by atoms with Crippen LogP contribution in [0.5, 0.6) is 0 Å². The maximum atomic E-state index is 4.76. The van der Waals surface area contributed by atoms with E-state index in [1.54, 1.807) is 0 Å². The summed E-state index contributed by atoms with van der Waals surface area (Å²) < 4.78 is 1.85. The Labute approximate surface area is 171 Å². The van der Waals surface area contributed by atoms with E-state index in [0.29, 0.717) is 11.9 Å². The number of hydrogen-bond donors (Lipinski definition) is 2. The number of aryl methyl sites for hydroxylation is 2. The van der Waals surface area contributed by atoms with Crippen molar-refractivity contribution in [3.05, 3.63) is 65.9 Å². The molecule has 0 fully saturated rings. The van der Waals surface area contributed by atoms with E-state index in [1.165, 1.54) is 11.1 Å². The van der Waals surface area contributed by atoms with E-state index in [1.807, 2.05) is 41.2 Å². The van der Waals surface area contributed by atoms with E-state index in [4.69, 9.17) is 9.97 Å². The number of anilines is 3. The predicted molar refractivity (Wildman–Crippen MR) is 119 cm³/mol. The van der Waals surface area contributed by atoms with E-state index in [-0.39, 0.29) is 0 Å². The Bertz CT molecular complexity index is 1130. The van der Waals surface area contributed by atoms with Gasteiger partial charge in [0.15, 0.2) is 5.65 Å². The third-order valence-electron chi connectivity index (χ3n) is 4.87. The van der Waals surface area contributed by atoms with Crippen molar-refractivity contribution < 1.29 is 0 Å². The van der Waals surface area contributed by atoms with E-state index in [9.17, 15) is 0 Å². The number of nitrogens with zero attached hydrogens (tertiary/aromatic N) is 4. The lowest BCUT2D eigenvalue weighted by Crippen LogP contribution is -2.12. The number of aromatic nitrogens is 4. The second-order valence-corrected chi connectivity index (χ2v) is 7.72. The molecule has 4 rings (SSSR count). The molecular formula is C23H26N6. The number of benzene rings is 2. The molecule has 6 heteroatoms. The van der Waals surface area contributed by atoms with Gasteiger partial charge in [0.25, 0.3) is 0 Å². The molecule has 29 heavy (non-hydrogen) atoms. The number of fused-ring (bicyclic) bond motifs is 1. The molecule has 148 valence electrons. The molecule has 0 aliphatic heterocycles. The molecule has 0 unspecified atom stereocenters. The van der Waals surface area contributed by atoms with Crippen LogP contribution in [-0.4, -0.2) is 26.3 Å². The second-order valence-electron chi connectivity index (χ2n) is 7.72. The van der Waals surface area contributed by atoms with Gasteiger partial charge in [-0.1, -0.05) is 38.1 Å². The molecule has 2 aromatic heterocycles. The summed E-state index contributed by atoms with van der Waals surface area (Å²) in [7, 11) is 0. The Balaban J connectivity index is 1.81. The van der Waals surface area contributed by atoms with Crippen molar-refractivity contribution in [2.45, 2.75) is 27.7 Å². The Hall–Kier alpha value is -3.41. The molecule has 0 aliphatic carbocycles. The zero-order chi connectivity index (χ0) is 20.4. The molecular weight excluding hydrogens is 360 g/mol. The summed E-state index contributed by atoms with van der Waals surface area (Å²) >= 11 is 0. The summed E-state index contributed by atoms with van der Waals surface area (Å²) in [6, 6.07) is 16.3. The van der Waals surface area contributed by atoms with Gasteiger partial charge in [-0.2, -0.15) is 15.1 Å². The average Bonchev–Trinajstić information content (AvgIpc) is 3.14. The molecule has 2 heterocycles. The molecule has 6 nitrogen and oxygen atoms in total. The molecule has 0 saturated carbocycles. The minimum atomic E-state index is 0.490. The van der Waals surface area contributed by atoms with Crippen molar-refractivity contribution in [3.8, 4) is 5.69 Å². The zero-order valence-corrected chi connectivity index (χ0v) is 17.3. The van der Waals surface area contributed by atoms with Gasteiger partial charge in [0.05, 0.1) is 17.3 Å². The maximum absolute atomic E-state index is 4.76. The Morgan fingerprint density at radius 2 is 1.76 bits per heavy atom. The van der Waals surface area contributed by atoms with E-state index >= 15 is 0 Å². The quantitative estimate of drug-likeness (QED) is 0.474. The van der Waals surface area contributed by atoms with Crippen LogP contribution in [0.4, 0.5) is 17.5 Å². The largest absolute Gasteiger partial charge is 0.354 e. The smallest absolute Gasteiger partial charge is 0.226 e. The van der Waals surface area contributed by atoms with Gasteiger partial charge in [-0.25, -0.2) is 4.68 Å². The van der Waals surface area contributed by atoms with Crippen molar-refractivity contribution in [2.24, 2.45) is 5.92 Å². The van der Waals surface area contributed by atoms with Gasteiger partial charge in [0.2, 0.25) is 5.95 Å². The predicted octanol–water partition coefficient (Wildman–Crippen LogP) is 5.24. The fourth-order valence-corrected chi connectivity index (χ4v) is 3.09. The highest BCUT2D eigenvalue weighted by molar-refractivity contribution is 5.90. The van der Waals surface area contributed by atoms with Gasteiger partial charge in [0.1, 0.15) is 5.82 Å². The van der Waals surface area contributed by atoms with Crippen molar-refractivity contribution in [3.63, 3.8) is 0 Å². The number of hydrogen-bond acceptors (Lipinski definition) is 5. The standard InChI is InChI=1S/C23H26N6/c1-15(2)13-24-23-27-21(26-18-11-10-16(3)17(4)12-18)20-14-25-29(22(20)28-23)19-8-6-5-7-9-19/h5-12,14-15H,13H2,1-4H3,(H2,24,26,27,28). The summed E-state index contributed by atoms with van der Waals surface area (Å²) in [5, 5.41) is 12.3. The summed E-state index contributed by atoms with van der Waals surface area (Å²) in [6.07, 6.45) is 1.82. The molecule has 2 N–H and O–H groups in total. The van der Waals surface area contributed by atoms with Gasteiger partial charge >= 0.3 is 0 Å². The maximum Gasteiger partial charge on any atom is 0.226 e. The third kappa shape index (κ3) is 4.06. The van der Waals surface area contributed by atoms with Crippen LogP contribution in [0.25, 0.3) is 16.7 Å². The average molecular weight is 387 g/mol. The molecule has 2 aromatic carbocycles. The van der Waals surface area contributed by atoms with Crippen molar-refractivity contribution in [2.75, 3.05) is 17.2 Å². The van der Waals surface area contributed by atoms with Crippen LogP contribution < -0.4 is 10.6 Å². The van der Waals surface area contributed by atoms with Crippen LogP contribution in [0.15, 0.2) is 54.7 Å². The number of para-hydroxylation sites is 1.